The van der Waals surface area contributed by atoms with Crippen molar-refractivity contribution in [3.8, 4) is 23.7 Å². The van der Waals surface area contributed by atoms with Crippen molar-refractivity contribution in [1.82, 2.24) is 0 Å². The van der Waals surface area contributed by atoms with E-state index in [1.807, 2.05) is 12.2 Å². The first-order chi connectivity index (χ1) is 6.50. The maximum atomic E-state index is 3.12. The number of hydrogen-bond acceptors (Lipinski definition) is 0. The molecule has 1 aliphatic rings. The maximum Gasteiger partial charge on any atom is 0.00922 e. The molecule has 0 nitrogen and oxygen atoms in total. The summed E-state index contributed by atoms with van der Waals surface area (Å²) in [6.07, 6.45) is 12.3. The first-order valence-electron chi connectivity index (χ1n) is 5.12. The average Bonchev–Trinajstić information content (AvgIpc) is 2.18. The summed E-state index contributed by atoms with van der Waals surface area (Å²) in [7, 11) is 0. The van der Waals surface area contributed by atoms with Crippen molar-refractivity contribution in [1.29, 1.82) is 0 Å². The monoisotopic (exact) mass is 172 g/mol. The van der Waals surface area contributed by atoms with Crippen LogP contribution in [0.1, 0.15) is 44.9 Å². The molecule has 0 fully saturated rings. The van der Waals surface area contributed by atoms with Crippen molar-refractivity contribution < 1.29 is 0 Å². The molecule has 0 unspecified atom stereocenters. The Bertz CT molecular complexity index is 234. The van der Waals surface area contributed by atoms with Gasteiger partial charge in [-0.25, -0.2) is 0 Å². The molecular weight excluding hydrogens is 156 g/mol. The molecule has 0 saturated carbocycles. The second kappa shape index (κ2) is 7.51. The second-order valence-electron chi connectivity index (χ2n) is 3.24. The van der Waals surface area contributed by atoms with Gasteiger partial charge in [-0.1, -0.05) is 42.9 Å². The molecule has 0 aromatic rings. The largest absolute Gasteiger partial charge is 0.0985 e. The van der Waals surface area contributed by atoms with Crippen molar-refractivity contribution in [2.45, 2.75) is 44.9 Å². The van der Waals surface area contributed by atoms with Gasteiger partial charge in [0.05, 0.1) is 0 Å². The molecule has 0 heterocycles. The van der Waals surface area contributed by atoms with Crippen LogP contribution in [0.3, 0.4) is 0 Å². The van der Waals surface area contributed by atoms with Crippen LogP contribution in [-0.4, -0.2) is 0 Å². The number of hydrogen-bond donors (Lipinski definition) is 0. The van der Waals surface area contributed by atoms with Gasteiger partial charge in [-0.2, -0.15) is 0 Å². The van der Waals surface area contributed by atoms with Crippen LogP contribution < -0.4 is 0 Å². The Morgan fingerprint density at radius 2 is 1.08 bits per heavy atom. The van der Waals surface area contributed by atoms with Crippen molar-refractivity contribution >= 4 is 0 Å². The second-order valence-corrected chi connectivity index (χ2v) is 3.24. The van der Waals surface area contributed by atoms with Gasteiger partial charge in [0.25, 0.3) is 0 Å². The van der Waals surface area contributed by atoms with Crippen LogP contribution in [0.5, 0.6) is 0 Å². The Balaban J connectivity index is 2.38. The summed E-state index contributed by atoms with van der Waals surface area (Å²) in [6, 6.07) is 0. The summed E-state index contributed by atoms with van der Waals surface area (Å²) < 4.78 is 0. The van der Waals surface area contributed by atoms with Crippen molar-refractivity contribution in [3.63, 3.8) is 0 Å². The van der Waals surface area contributed by atoms with Crippen molar-refractivity contribution in [3.05, 3.63) is 12.2 Å². The maximum absolute atomic E-state index is 3.12. The molecule has 0 N–H and O–H groups in total. The molecule has 0 heteroatoms. The molecule has 0 amide bonds. The van der Waals surface area contributed by atoms with Crippen LogP contribution in [0.4, 0.5) is 0 Å². The third-order valence-electron chi connectivity index (χ3n) is 2.06. The highest BCUT2D eigenvalue weighted by Gasteiger charge is 1.88. The summed E-state index contributed by atoms with van der Waals surface area (Å²) in [4.78, 5) is 0. The first kappa shape index (κ1) is 9.94. The minimum Gasteiger partial charge on any atom is -0.0985 e. The fraction of sp³-hybridized carbons (Fsp3) is 0.538. The molecule has 1 aliphatic carbocycles. The lowest BCUT2D eigenvalue weighted by Gasteiger charge is -1.95. The quantitative estimate of drug-likeness (QED) is 0.492. The Morgan fingerprint density at radius 3 is 1.62 bits per heavy atom. The fourth-order valence-electron chi connectivity index (χ4n) is 1.30. The van der Waals surface area contributed by atoms with Gasteiger partial charge in [-0.05, 0) is 25.0 Å². The lowest BCUT2D eigenvalue weighted by atomic mass is 10.1. The van der Waals surface area contributed by atoms with Gasteiger partial charge >= 0.3 is 0 Å². The van der Waals surface area contributed by atoms with E-state index in [2.05, 4.69) is 23.7 Å². The minimum absolute atomic E-state index is 1.04. The molecule has 0 aliphatic heterocycles. The molecule has 0 aromatic heterocycles. The molecule has 0 radical (unpaired) electrons. The van der Waals surface area contributed by atoms with E-state index in [1.54, 1.807) is 0 Å². The summed E-state index contributed by atoms with van der Waals surface area (Å²) in [6.45, 7) is 0. The zero-order chi connectivity index (χ0) is 9.19. The fourth-order valence-corrected chi connectivity index (χ4v) is 1.30. The smallest absolute Gasteiger partial charge is 0.00922 e. The van der Waals surface area contributed by atoms with Crippen molar-refractivity contribution in [2.75, 3.05) is 0 Å². The average molecular weight is 172 g/mol. The van der Waals surface area contributed by atoms with Crippen LogP contribution in [0.15, 0.2) is 12.2 Å². The SMILES string of the molecule is C1#CCCCCCCCC#C/C=C\1. The van der Waals surface area contributed by atoms with E-state index in [1.165, 1.54) is 32.1 Å². The van der Waals surface area contributed by atoms with Crippen LogP contribution >= 0.6 is 0 Å². The van der Waals surface area contributed by atoms with Gasteiger partial charge < -0.3 is 0 Å². The van der Waals surface area contributed by atoms with Crippen LogP contribution in [0.2, 0.25) is 0 Å². The zero-order valence-corrected chi connectivity index (χ0v) is 8.10. The van der Waals surface area contributed by atoms with Gasteiger partial charge in [-0.3, -0.25) is 0 Å². The Hall–Kier alpha value is -1.14. The van der Waals surface area contributed by atoms with Gasteiger partial charge in [0.15, 0.2) is 0 Å². The minimum atomic E-state index is 1.04. The standard InChI is InChI=1S/C13H16/c1-2-4-6-8-10-12-13-11-9-7-5-3-1/h1-2H,7-13H2/b2-1-. The van der Waals surface area contributed by atoms with E-state index in [0.717, 1.165) is 12.8 Å². The summed E-state index contributed by atoms with van der Waals surface area (Å²) in [5, 5.41) is 0. The van der Waals surface area contributed by atoms with E-state index < -0.39 is 0 Å². The Kier molecular flexibility index (Phi) is 5.74. The molecule has 1 rings (SSSR count). The summed E-state index contributed by atoms with van der Waals surface area (Å²) in [5.41, 5.74) is 0. The van der Waals surface area contributed by atoms with E-state index in [-0.39, 0.29) is 0 Å². The first-order valence-corrected chi connectivity index (χ1v) is 5.12. The van der Waals surface area contributed by atoms with Crippen LogP contribution in [0.25, 0.3) is 0 Å². The highest BCUT2D eigenvalue weighted by Crippen LogP contribution is 2.06. The molecule has 0 saturated heterocycles. The predicted octanol–water partition coefficient (Wildman–Crippen LogP) is 3.29. The molecule has 0 atom stereocenters. The molecular formula is C13H16. The Labute approximate surface area is 81.4 Å². The molecule has 0 bridgehead atoms. The van der Waals surface area contributed by atoms with Crippen molar-refractivity contribution in [2.24, 2.45) is 0 Å². The Morgan fingerprint density at radius 1 is 0.615 bits per heavy atom. The third-order valence-corrected chi connectivity index (χ3v) is 2.06. The van der Waals surface area contributed by atoms with E-state index >= 15 is 0 Å². The van der Waals surface area contributed by atoms with Crippen LogP contribution in [-0.2, 0) is 0 Å². The van der Waals surface area contributed by atoms with E-state index in [0.29, 0.717) is 0 Å². The highest BCUT2D eigenvalue weighted by molar-refractivity contribution is 5.24. The normalized spacial score (nSPS) is 20.3. The van der Waals surface area contributed by atoms with Gasteiger partial charge in [-0.15, -0.1) is 0 Å². The van der Waals surface area contributed by atoms with E-state index in [9.17, 15) is 0 Å². The topological polar surface area (TPSA) is 0 Å². The molecule has 0 aromatic carbocycles. The zero-order valence-electron chi connectivity index (χ0n) is 8.10. The summed E-state index contributed by atoms with van der Waals surface area (Å²) >= 11 is 0. The van der Waals surface area contributed by atoms with Gasteiger partial charge in [0.2, 0.25) is 0 Å². The lowest BCUT2D eigenvalue weighted by Crippen LogP contribution is -1.78. The van der Waals surface area contributed by atoms with E-state index in [4.69, 9.17) is 0 Å². The van der Waals surface area contributed by atoms with Crippen LogP contribution in [0, 0.1) is 23.7 Å². The molecule has 13 heavy (non-hydrogen) atoms. The highest BCUT2D eigenvalue weighted by atomic mass is 13.9. The van der Waals surface area contributed by atoms with Gasteiger partial charge in [0.1, 0.15) is 0 Å². The number of allylic oxidation sites excluding steroid dienone is 2. The number of rotatable bonds is 0. The molecule has 0 spiro atoms. The van der Waals surface area contributed by atoms with Gasteiger partial charge in [0, 0.05) is 12.8 Å². The molecule has 68 valence electrons. The predicted molar refractivity (Wildman–Crippen MR) is 57.0 cm³/mol. The lowest BCUT2D eigenvalue weighted by molar-refractivity contribution is 0.628. The third kappa shape index (κ3) is 6.06. The summed E-state index contributed by atoms with van der Waals surface area (Å²) in [5.74, 6) is 12.2.